The van der Waals surface area contributed by atoms with Crippen molar-refractivity contribution in [1.29, 1.82) is 0 Å². The summed E-state index contributed by atoms with van der Waals surface area (Å²) in [5.41, 5.74) is -0.786. The van der Waals surface area contributed by atoms with Crippen molar-refractivity contribution < 1.29 is 32.9 Å². The van der Waals surface area contributed by atoms with Gasteiger partial charge in [0.1, 0.15) is 29.8 Å². The van der Waals surface area contributed by atoms with Crippen LogP contribution in [0.25, 0.3) is 0 Å². The molecule has 2 rings (SSSR count). The molecule has 0 bridgehead atoms. The predicted molar refractivity (Wildman–Crippen MR) is 74.6 cm³/mol. The van der Waals surface area contributed by atoms with Gasteiger partial charge in [0, 0.05) is 20.7 Å². The van der Waals surface area contributed by atoms with Gasteiger partial charge in [0.15, 0.2) is 11.3 Å². The maximum atomic E-state index is 13.1. The van der Waals surface area contributed by atoms with Crippen molar-refractivity contribution in [3.05, 3.63) is 0 Å². The molecule has 0 saturated carbocycles. The van der Waals surface area contributed by atoms with Crippen molar-refractivity contribution in [2.24, 2.45) is 4.99 Å². The summed E-state index contributed by atoms with van der Waals surface area (Å²) in [7, 11) is 3.45. The number of halogens is 3. The standard InChI is InChI=1S/C12H19F3N2O4S/c1-4-20-9(12(13,14)15)8-7(19)6(18)5-10(21-8)22-11(16-5)17(2)3/h5-10,18-19H,4H2,1-3H3/t5-,6-,7+,8?,9+,10-/m1/s1. The number of ether oxygens (including phenoxy) is 2. The molecular formula is C12H19F3N2O4S. The van der Waals surface area contributed by atoms with E-state index in [0.29, 0.717) is 5.17 Å². The third-order valence-corrected chi connectivity index (χ3v) is 4.74. The van der Waals surface area contributed by atoms with Crippen LogP contribution in [0.3, 0.4) is 0 Å². The Morgan fingerprint density at radius 1 is 1.36 bits per heavy atom. The molecule has 0 spiro atoms. The second-order valence-corrected chi connectivity index (χ2v) is 6.35. The summed E-state index contributed by atoms with van der Waals surface area (Å²) < 4.78 is 49.4. The van der Waals surface area contributed by atoms with E-state index >= 15 is 0 Å². The third-order valence-electron chi connectivity index (χ3n) is 3.44. The normalized spacial score (nSPS) is 36.7. The minimum Gasteiger partial charge on any atom is -0.388 e. The maximum Gasteiger partial charge on any atom is 0.417 e. The molecule has 6 atom stereocenters. The van der Waals surface area contributed by atoms with Gasteiger partial charge in [-0.15, -0.1) is 0 Å². The van der Waals surface area contributed by atoms with Gasteiger partial charge in [-0.3, -0.25) is 4.99 Å². The second kappa shape index (κ2) is 6.52. The first-order valence-electron chi connectivity index (χ1n) is 6.78. The summed E-state index contributed by atoms with van der Waals surface area (Å²) in [6.07, 6.45) is -11.9. The van der Waals surface area contributed by atoms with E-state index < -0.39 is 42.1 Å². The Morgan fingerprint density at radius 2 is 2.00 bits per heavy atom. The first kappa shape index (κ1) is 17.8. The second-order valence-electron chi connectivity index (χ2n) is 5.28. The summed E-state index contributed by atoms with van der Waals surface area (Å²) in [4.78, 5) is 5.86. The number of amidine groups is 1. The number of aliphatic hydroxyl groups is 2. The molecule has 1 fully saturated rings. The van der Waals surface area contributed by atoms with Crippen LogP contribution >= 0.6 is 11.8 Å². The highest BCUT2D eigenvalue weighted by Crippen LogP contribution is 2.40. The quantitative estimate of drug-likeness (QED) is 0.774. The molecular weight excluding hydrogens is 325 g/mol. The highest BCUT2D eigenvalue weighted by molar-refractivity contribution is 8.14. The van der Waals surface area contributed by atoms with Crippen molar-refractivity contribution in [2.75, 3.05) is 20.7 Å². The van der Waals surface area contributed by atoms with Crippen molar-refractivity contribution in [3.63, 3.8) is 0 Å². The smallest absolute Gasteiger partial charge is 0.388 e. The molecule has 0 radical (unpaired) electrons. The van der Waals surface area contributed by atoms with Crippen LogP contribution in [0.5, 0.6) is 0 Å². The maximum absolute atomic E-state index is 13.1. The van der Waals surface area contributed by atoms with Crippen LogP contribution in [0.15, 0.2) is 4.99 Å². The van der Waals surface area contributed by atoms with Gasteiger partial charge in [0.2, 0.25) is 0 Å². The summed E-state index contributed by atoms with van der Waals surface area (Å²) >= 11 is 1.12. The van der Waals surface area contributed by atoms with Gasteiger partial charge < -0.3 is 24.6 Å². The third kappa shape index (κ3) is 3.35. The molecule has 1 saturated heterocycles. The van der Waals surface area contributed by atoms with Gasteiger partial charge in [-0.05, 0) is 6.92 Å². The van der Waals surface area contributed by atoms with E-state index in [4.69, 9.17) is 9.47 Å². The molecule has 6 nitrogen and oxygen atoms in total. The molecule has 2 heterocycles. The number of hydrogen-bond donors (Lipinski definition) is 2. The summed E-state index contributed by atoms with van der Waals surface area (Å²) in [6, 6.07) is -0.802. The van der Waals surface area contributed by atoms with Gasteiger partial charge in [0.25, 0.3) is 0 Å². The van der Waals surface area contributed by atoms with E-state index in [0.717, 1.165) is 11.8 Å². The molecule has 0 aliphatic carbocycles. The SMILES string of the molecule is CCO[C@@H](C1O[C@@H]2SC(N(C)C)=N[C@@H]2[C@@H](O)[C@@H]1O)C(F)(F)F. The monoisotopic (exact) mass is 344 g/mol. The lowest BCUT2D eigenvalue weighted by Crippen LogP contribution is -2.61. The van der Waals surface area contributed by atoms with Gasteiger partial charge in [-0.2, -0.15) is 13.2 Å². The molecule has 10 heteroatoms. The summed E-state index contributed by atoms with van der Waals surface area (Å²) in [5, 5.41) is 20.7. The fraction of sp³-hybridized carbons (Fsp3) is 0.917. The zero-order chi connectivity index (χ0) is 16.7. The lowest BCUT2D eigenvalue weighted by atomic mass is 9.94. The van der Waals surface area contributed by atoms with Crippen molar-refractivity contribution in [1.82, 2.24) is 4.90 Å². The Labute approximate surface area is 130 Å². The summed E-state index contributed by atoms with van der Waals surface area (Å²) in [5.74, 6) is 0. The van der Waals surface area contributed by atoms with Crippen LogP contribution in [0.1, 0.15) is 6.92 Å². The van der Waals surface area contributed by atoms with Crippen molar-refractivity contribution in [2.45, 2.75) is 49.0 Å². The van der Waals surface area contributed by atoms with Crippen LogP contribution in [0, 0.1) is 0 Å². The number of alkyl halides is 3. The van der Waals surface area contributed by atoms with Gasteiger partial charge in [-0.1, -0.05) is 11.8 Å². The molecule has 0 aromatic rings. The number of hydrogen-bond acceptors (Lipinski definition) is 7. The zero-order valence-corrected chi connectivity index (χ0v) is 13.1. The molecule has 0 aromatic carbocycles. The van der Waals surface area contributed by atoms with E-state index in [1.165, 1.54) is 6.92 Å². The Kier molecular flexibility index (Phi) is 5.27. The van der Waals surface area contributed by atoms with E-state index in [2.05, 4.69) is 4.99 Å². The van der Waals surface area contributed by atoms with Crippen LogP contribution in [-0.4, -0.2) is 83.1 Å². The van der Waals surface area contributed by atoms with Gasteiger partial charge in [-0.25, -0.2) is 0 Å². The largest absolute Gasteiger partial charge is 0.417 e. The fourth-order valence-corrected chi connectivity index (χ4v) is 3.54. The molecule has 1 unspecified atom stereocenters. The van der Waals surface area contributed by atoms with Crippen LogP contribution in [-0.2, 0) is 9.47 Å². The number of thioether (sulfide) groups is 1. The van der Waals surface area contributed by atoms with Crippen LogP contribution in [0.4, 0.5) is 13.2 Å². The molecule has 0 amide bonds. The molecule has 0 aromatic heterocycles. The lowest BCUT2D eigenvalue weighted by Gasteiger charge is -2.41. The Hall–Kier alpha value is -0.550. The number of nitrogens with zero attached hydrogens (tertiary/aromatic N) is 2. The first-order chi connectivity index (χ1) is 10.2. The van der Waals surface area contributed by atoms with E-state index in [1.807, 2.05) is 0 Å². The molecule has 2 aliphatic rings. The summed E-state index contributed by atoms with van der Waals surface area (Å²) in [6.45, 7) is 1.23. The fourth-order valence-electron chi connectivity index (χ4n) is 2.40. The molecule has 128 valence electrons. The topological polar surface area (TPSA) is 74.5 Å². The minimum atomic E-state index is -4.71. The Bertz CT molecular complexity index is 435. The minimum absolute atomic E-state index is 0.187. The van der Waals surface area contributed by atoms with E-state index in [1.54, 1.807) is 19.0 Å². The molecule has 2 N–H and O–H groups in total. The Balaban J connectivity index is 2.20. The number of aliphatic hydroxyl groups excluding tert-OH is 2. The zero-order valence-electron chi connectivity index (χ0n) is 12.3. The lowest BCUT2D eigenvalue weighted by molar-refractivity contribution is -0.283. The van der Waals surface area contributed by atoms with Crippen LogP contribution in [0.2, 0.25) is 0 Å². The highest BCUT2D eigenvalue weighted by atomic mass is 32.2. The first-order valence-corrected chi connectivity index (χ1v) is 7.66. The Morgan fingerprint density at radius 3 is 2.50 bits per heavy atom. The van der Waals surface area contributed by atoms with Gasteiger partial charge >= 0.3 is 6.18 Å². The molecule has 22 heavy (non-hydrogen) atoms. The highest BCUT2D eigenvalue weighted by Gasteiger charge is 2.57. The van der Waals surface area contributed by atoms with Crippen LogP contribution < -0.4 is 0 Å². The van der Waals surface area contributed by atoms with Crippen molar-refractivity contribution >= 4 is 16.9 Å². The number of fused-ring (bicyclic) bond motifs is 1. The van der Waals surface area contributed by atoms with E-state index in [9.17, 15) is 23.4 Å². The number of rotatable bonds is 3. The number of aliphatic imine (C=N–C) groups is 1. The van der Waals surface area contributed by atoms with Crippen molar-refractivity contribution in [3.8, 4) is 0 Å². The average molecular weight is 344 g/mol. The van der Waals surface area contributed by atoms with E-state index in [-0.39, 0.29) is 6.61 Å². The average Bonchev–Trinajstić information content (AvgIpc) is 2.83. The van der Waals surface area contributed by atoms with Gasteiger partial charge in [0.05, 0.1) is 0 Å². The molecule has 2 aliphatic heterocycles. The predicted octanol–water partition coefficient (Wildman–Crippen LogP) is 0.433.